The quantitative estimate of drug-likeness (QED) is 0.618. The number of nitrogens with one attached hydrogen (secondary N) is 1. The first kappa shape index (κ1) is 18.5. The standard InChI is InChI=1S/C18H28FN3O2/c1-3-20-18(22-10-4-5-14(2)12-22)21-11-16(23)13-24-17-8-6-15(19)7-9-17/h6-9,14,16,23H,3-5,10-13H2,1-2H3,(H,20,21). The minimum Gasteiger partial charge on any atom is -0.491 e. The summed E-state index contributed by atoms with van der Waals surface area (Å²) in [6, 6.07) is 5.76. The summed E-state index contributed by atoms with van der Waals surface area (Å²) in [4.78, 5) is 6.79. The maximum Gasteiger partial charge on any atom is 0.194 e. The molecule has 2 atom stereocenters. The van der Waals surface area contributed by atoms with Crippen molar-refractivity contribution in [2.45, 2.75) is 32.8 Å². The van der Waals surface area contributed by atoms with E-state index in [1.165, 1.54) is 25.0 Å². The molecule has 1 aromatic rings. The van der Waals surface area contributed by atoms with Gasteiger partial charge >= 0.3 is 0 Å². The Morgan fingerprint density at radius 2 is 2.21 bits per heavy atom. The number of aliphatic hydroxyl groups excluding tert-OH is 1. The summed E-state index contributed by atoms with van der Waals surface area (Å²) in [5.74, 6) is 1.74. The zero-order valence-electron chi connectivity index (χ0n) is 14.5. The first-order valence-corrected chi connectivity index (χ1v) is 8.68. The van der Waals surface area contributed by atoms with Crippen LogP contribution in [0.3, 0.4) is 0 Å². The Hall–Kier alpha value is -1.82. The Bertz CT molecular complexity index is 522. The van der Waals surface area contributed by atoms with Crippen LogP contribution >= 0.6 is 0 Å². The first-order chi connectivity index (χ1) is 11.6. The number of rotatable bonds is 6. The molecule has 1 aliphatic heterocycles. The molecule has 1 aliphatic rings. The monoisotopic (exact) mass is 337 g/mol. The van der Waals surface area contributed by atoms with Gasteiger partial charge in [-0.25, -0.2) is 4.39 Å². The van der Waals surface area contributed by atoms with Crippen molar-refractivity contribution in [2.24, 2.45) is 10.9 Å². The van der Waals surface area contributed by atoms with Crippen LogP contribution in [-0.4, -0.2) is 54.9 Å². The van der Waals surface area contributed by atoms with Crippen LogP contribution in [0.15, 0.2) is 29.3 Å². The van der Waals surface area contributed by atoms with Crippen LogP contribution in [0.5, 0.6) is 5.75 Å². The molecule has 1 saturated heterocycles. The highest BCUT2D eigenvalue weighted by atomic mass is 19.1. The van der Waals surface area contributed by atoms with Crippen molar-refractivity contribution in [3.63, 3.8) is 0 Å². The molecule has 5 nitrogen and oxygen atoms in total. The van der Waals surface area contributed by atoms with Crippen molar-refractivity contribution in [3.8, 4) is 5.75 Å². The van der Waals surface area contributed by atoms with Gasteiger partial charge in [-0.3, -0.25) is 4.99 Å². The average Bonchev–Trinajstić information content (AvgIpc) is 2.58. The van der Waals surface area contributed by atoms with E-state index in [-0.39, 0.29) is 19.0 Å². The van der Waals surface area contributed by atoms with Gasteiger partial charge in [0.2, 0.25) is 0 Å². The molecule has 2 unspecified atom stereocenters. The van der Waals surface area contributed by atoms with Gasteiger partial charge in [0.25, 0.3) is 0 Å². The Morgan fingerprint density at radius 1 is 1.46 bits per heavy atom. The number of benzene rings is 1. The third kappa shape index (κ3) is 6.00. The summed E-state index contributed by atoms with van der Waals surface area (Å²) in [7, 11) is 0. The molecule has 0 radical (unpaired) electrons. The molecule has 0 saturated carbocycles. The van der Waals surface area contributed by atoms with Gasteiger partial charge in [-0.15, -0.1) is 0 Å². The third-order valence-corrected chi connectivity index (χ3v) is 4.00. The summed E-state index contributed by atoms with van der Waals surface area (Å²) in [6.45, 7) is 7.48. The zero-order valence-corrected chi connectivity index (χ0v) is 14.5. The Balaban J connectivity index is 1.84. The Kier molecular flexibility index (Phi) is 7.31. The molecule has 0 spiro atoms. The molecule has 0 aromatic heterocycles. The van der Waals surface area contributed by atoms with Crippen molar-refractivity contribution >= 4 is 5.96 Å². The number of hydrogen-bond acceptors (Lipinski definition) is 3. The molecular formula is C18H28FN3O2. The van der Waals surface area contributed by atoms with Gasteiger partial charge in [-0.05, 0) is 49.9 Å². The number of likely N-dealkylation sites (tertiary alicyclic amines) is 1. The average molecular weight is 337 g/mol. The molecule has 1 aromatic carbocycles. The minimum absolute atomic E-state index is 0.130. The predicted octanol–water partition coefficient (Wildman–Crippen LogP) is 2.26. The van der Waals surface area contributed by atoms with Gasteiger partial charge < -0.3 is 20.1 Å². The lowest BCUT2D eigenvalue weighted by Gasteiger charge is -2.33. The van der Waals surface area contributed by atoms with Crippen LogP contribution < -0.4 is 10.1 Å². The lowest BCUT2D eigenvalue weighted by Crippen LogP contribution is -2.46. The molecule has 0 aliphatic carbocycles. The van der Waals surface area contributed by atoms with Gasteiger partial charge in [0.15, 0.2) is 5.96 Å². The molecule has 0 bridgehead atoms. The fourth-order valence-corrected chi connectivity index (χ4v) is 2.78. The highest BCUT2D eigenvalue weighted by Gasteiger charge is 2.19. The molecule has 1 heterocycles. The normalized spacial score (nSPS) is 19.9. The second kappa shape index (κ2) is 9.47. The van der Waals surface area contributed by atoms with Crippen molar-refractivity contribution in [2.75, 3.05) is 32.8 Å². The largest absolute Gasteiger partial charge is 0.491 e. The van der Waals surface area contributed by atoms with Crippen molar-refractivity contribution in [1.29, 1.82) is 0 Å². The highest BCUT2D eigenvalue weighted by molar-refractivity contribution is 5.80. The fourth-order valence-electron chi connectivity index (χ4n) is 2.78. The summed E-state index contributed by atoms with van der Waals surface area (Å²) < 4.78 is 18.3. The van der Waals surface area contributed by atoms with E-state index in [4.69, 9.17) is 4.74 Å². The second-order valence-electron chi connectivity index (χ2n) is 6.31. The van der Waals surface area contributed by atoms with Crippen molar-refractivity contribution < 1.29 is 14.2 Å². The molecule has 6 heteroatoms. The van der Waals surface area contributed by atoms with E-state index >= 15 is 0 Å². The van der Waals surface area contributed by atoms with E-state index in [1.54, 1.807) is 12.1 Å². The molecule has 2 N–H and O–H groups in total. The minimum atomic E-state index is -0.703. The van der Waals surface area contributed by atoms with E-state index in [1.807, 2.05) is 6.92 Å². The number of aliphatic hydroxyl groups is 1. The number of halogens is 1. The number of aliphatic imine (C=N–C) groups is 1. The number of guanidine groups is 1. The Morgan fingerprint density at radius 3 is 2.88 bits per heavy atom. The predicted molar refractivity (Wildman–Crippen MR) is 93.9 cm³/mol. The first-order valence-electron chi connectivity index (χ1n) is 8.68. The van der Waals surface area contributed by atoms with Crippen LogP contribution in [-0.2, 0) is 0 Å². The van der Waals surface area contributed by atoms with E-state index < -0.39 is 6.10 Å². The summed E-state index contributed by atoms with van der Waals surface area (Å²) >= 11 is 0. The SMILES string of the molecule is CCNC(=NCC(O)COc1ccc(F)cc1)N1CCCC(C)C1. The Labute approximate surface area is 143 Å². The molecule has 1 fully saturated rings. The third-order valence-electron chi connectivity index (χ3n) is 4.00. The lowest BCUT2D eigenvalue weighted by molar-refractivity contribution is 0.114. The van der Waals surface area contributed by atoms with Gasteiger partial charge in [-0.2, -0.15) is 0 Å². The van der Waals surface area contributed by atoms with Crippen LogP contribution in [0.4, 0.5) is 4.39 Å². The summed E-state index contributed by atoms with van der Waals surface area (Å²) in [5, 5.41) is 13.4. The maximum absolute atomic E-state index is 12.8. The number of nitrogens with zero attached hydrogens (tertiary/aromatic N) is 2. The molecule has 0 amide bonds. The zero-order chi connectivity index (χ0) is 17.4. The molecule has 134 valence electrons. The summed E-state index contributed by atoms with van der Waals surface area (Å²) in [5.41, 5.74) is 0. The van der Waals surface area contributed by atoms with Crippen LogP contribution in [0.25, 0.3) is 0 Å². The van der Waals surface area contributed by atoms with Gasteiger partial charge in [-0.1, -0.05) is 6.92 Å². The highest BCUT2D eigenvalue weighted by Crippen LogP contribution is 2.15. The van der Waals surface area contributed by atoms with Gasteiger partial charge in [0.05, 0.1) is 6.54 Å². The number of ether oxygens (including phenoxy) is 1. The van der Waals surface area contributed by atoms with Gasteiger partial charge in [0, 0.05) is 19.6 Å². The molecule has 2 rings (SSSR count). The van der Waals surface area contributed by atoms with Crippen LogP contribution in [0.1, 0.15) is 26.7 Å². The van der Waals surface area contributed by atoms with E-state index in [2.05, 4.69) is 22.1 Å². The molecular weight excluding hydrogens is 309 g/mol. The van der Waals surface area contributed by atoms with Crippen molar-refractivity contribution in [3.05, 3.63) is 30.1 Å². The second-order valence-corrected chi connectivity index (χ2v) is 6.31. The van der Waals surface area contributed by atoms with Crippen LogP contribution in [0.2, 0.25) is 0 Å². The smallest absolute Gasteiger partial charge is 0.194 e. The topological polar surface area (TPSA) is 57.1 Å². The van der Waals surface area contributed by atoms with E-state index in [9.17, 15) is 9.50 Å². The maximum atomic E-state index is 12.8. The van der Waals surface area contributed by atoms with E-state index in [0.29, 0.717) is 11.7 Å². The number of hydrogen-bond donors (Lipinski definition) is 2. The van der Waals surface area contributed by atoms with E-state index in [0.717, 1.165) is 25.6 Å². The molecule has 24 heavy (non-hydrogen) atoms. The van der Waals surface area contributed by atoms with Crippen LogP contribution in [0, 0.1) is 11.7 Å². The van der Waals surface area contributed by atoms with Crippen molar-refractivity contribution in [1.82, 2.24) is 10.2 Å². The lowest BCUT2D eigenvalue weighted by atomic mass is 10.0. The van der Waals surface area contributed by atoms with Gasteiger partial charge in [0.1, 0.15) is 24.3 Å². The number of piperidine rings is 1. The fraction of sp³-hybridized carbons (Fsp3) is 0.611. The summed E-state index contributed by atoms with van der Waals surface area (Å²) in [6.07, 6.45) is 1.72.